The number of hydrogen-bond acceptors (Lipinski definition) is 2. The minimum absolute atomic E-state index is 0.0178. The van der Waals surface area contributed by atoms with Gasteiger partial charge in [0.05, 0.1) is 0 Å². The van der Waals surface area contributed by atoms with E-state index in [2.05, 4.69) is 5.32 Å². The molecular weight excluding hydrogens is 240 g/mol. The van der Waals surface area contributed by atoms with E-state index in [1.54, 1.807) is 11.8 Å². The summed E-state index contributed by atoms with van der Waals surface area (Å²) in [6, 6.07) is 8.91. The number of carbonyl (C=O) groups excluding carboxylic acids is 2. The molecule has 0 saturated carbocycles. The van der Waals surface area contributed by atoms with Crippen LogP contribution in [-0.4, -0.2) is 23.4 Å². The molecule has 1 aliphatic heterocycles. The van der Waals surface area contributed by atoms with Crippen molar-refractivity contribution in [2.24, 2.45) is 0 Å². The van der Waals surface area contributed by atoms with Crippen LogP contribution in [-0.2, 0) is 9.59 Å². The molecule has 102 valence electrons. The Labute approximate surface area is 113 Å². The number of para-hydroxylation sites is 1. The molecule has 1 aromatic carbocycles. The van der Waals surface area contributed by atoms with Crippen LogP contribution in [0.4, 0.5) is 5.69 Å². The fourth-order valence-electron chi connectivity index (χ4n) is 2.58. The van der Waals surface area contributed by atoms with E-state index >= 15 is 0 Å². The van der Waals surface area contributed by atoms with Gasteiger partial charge in [-0.05, 0) is 31.9 Å². The molecule has 0 aliphatic carbocycles. The van der Waals surface area contributed by atoms with Gasteiger partial charge in [-0.3, -0.25) is 14.5 Å². The zero-order valence-corrected chi connectivity index (χ0v) is 11.6. The van der Waals surface area contributed by atoms with E-state index in [0.717, 1.165) is 5.69 Å². The van der Waals surface area contributed by atoms with Crippen molar-refractivity contribution < 1.29 is 9.59 Å². The fraction of sp³-hybridized carbons (Fsp3) is 0.467. The van der Waals surface area contributed by atoms with Crippen LogP contribution in [0.25, 0.3) is 0 Å². The van der Waals surface area contributed by atoms with Crippen LogP contribution in [0.2, 0.25) is 0 Å². The van der Waals surface area contributed by atoms with E-state index in [-0.39, 0.29) is 11.8 Å². The largest absolute Gasteiger partial charge is 0.340 e. The van der Waals surface area contributed by atoms with Crippen molar-refractivity contribution in [2.45, 2.75) is 45.2 Å². The molecule has 1 heterocycles. The molecule has 1 saturated heterocycles. The highest BCUT2D eigenvalue weighted by atomic mass is 16.2. The van der Waals surface area contributed by atoms with Gasteiger partial charge in [0, 0.05) is 5.69 Å². The molecular formula is C15H20N2O2. The van der Waals surface area contributed by atoms with Crippen LogP contribution >= 0.6 is 0 Å². The number of benzene rings is 1. The Bertz CT molecular complexity index is 480. The summed E-state index contributed by atoms with van der Waals surface area (Å²) in [5, 5.41) is 2.90. The van der Waals surface area contributed by atoms with Crippen molar-refractivity contribution in [3.05, 3.63) is 30.3 Å². The quantitative estimate of drug-likeness (QED) is 0.904. The maximum Gasteiger partial charge on any atom is 0.253 e. The highest BCUT2D eigenvalue weighted by molar-refractivity contribution is 6.10. The van der Waals surface area contributed by atoms with E-state index in [1.165, 1.54) is 0 Å². The van der Waals surface area contributed by atoms with E-state index < -0.39 is 11.6 Å². The number of piperazine rings is 1. The van der Waals surface area contributed by atoms with Gasteiger partial charge in [0.2, 0.25) is 5.91 Å². The molecule has 1 atom stereocenters. The lowest BCUT2D eigenvalue weighted by molar-refractivity contribution is -0.138. The first-order valence-electron chi connectivity index (χ1n) is 6.76. The van der Waals surface area contributed by atoms with Crippen LogP contribution in [0, 0.1) is 0 Å². The second kappa shape index (κ2) is 5.03. The van der Waals surface area contributed by atoms with Gasteiger partial charge >= 0.3 is 0 Å². The molecule has 0 radical (unpaired) electrons. The fourth-order valence-corrected chi connectivity index (χ4v) is 2.58. The van der Waals surface area contributed by atoms with Crippen molar-refractivity contribution in [3.63, 3.8) is 0 Å². The summed E-state index contributed by atoms with van der Waals surface area (Å²) in [5.74, 6) is -0.108. The van der Waals surface area contributed by atoms with Crippen molar-refractivity contribution in [1.82, 2.24) is 5.32 Å². The molecule has 4 heteroatoms. The average molecular weight is 260 g/mol. The Hall–Kier alpha value is -1.84. The predicted molar refractivity (Wildman–Crippen MR) is 74.8 cm³/mol. The smallest absolute Gasteiger partial charge is 0.253 e. The van der Waals surface area contributed by atoms with Crippen LogP contribution in [0.5, 0.6) is 0 Å². The first kappa shape index (κ1) is 13.6. The van der Waals surface area contributed by atoms with Crippen LogP contribution in [0.1, 0.15) is 33.6 Å². The highest BCUT2D eigenvalue weighted by Gasteiger charge is 2.47. The molecule has 2 rings (SSSR count). The standard InChI is InChI=1S/C15H20N2O2/c1-4-15(5-2)14(19)17(11(3)13(18)16-15)12-9-7-6-8-10-12/h6-11H,4-5H2,1-3H3,(H,16,18). The number of amides is 2. The zero-order chi connectivity index (χ0) is 14.0. The van der Waals surface area contributed by atoms with E-state index in [4.69, 9.17) is 0 Å². The number of carbonyl (C=O) groups is 2. The number of rotatable bonds is 3. The Morgan fingerprint density at radius 1 is 1.16 bits per heavy atom. The Morgan fingerprint density at radius 2 is 1.74 bits per heavy atom. The maximum atomic E-state index is 12.8. The highest BCUT2D eigenvalue weighted by Crippen LogP contribution is 2.29. The molecule has 1 aromatic rings. The van der Waals surface area contributed by atoms with Gasteiger partial charge in [-0.15, -0.1) is 0 Å². The van der Waals surface area contributed by atoms with E-state index in [9.17, 15) is 9.59 Å². The summed E-state index contributed by atoms with van der Waals surface area (Å²) < 4.78 is 0. The summed E-state index contributed by atoms with van der Waals surface area (Å²) in [5.41, 5.74) is 0.0144. The van der Waals surface area contributed by atoms with Crippen LogP contribution in [0.3, 0.4) is 0 Å². The van der Waals surface area contributed by atoms with Crippen LogP contribution < -0.4 is 10.2 Å². The van der Waals surface area contributed by atoms with E-state index in [0.29, 0.717) is 12.8 Å². The Kier molecular flexibility index (Phi) is 3.60. The zero-order valence-electron chi connectivity index (χ0n) is 11.6. The number of hydrogen-bond donors (Lipinski definition) is 1. The lowest BCUT2D eigenvalue weighted by atomic mass is 9.87. The minimum Gasteiger partial charge on any atom is -0.340 e. The van der Waals surface area contributed by atoms with Gasteiger partial charge in [0.25, 0.3) is 5.91 Å². The van der Waals surface area contributed by atoms with Gasteiger partial charge in [0.1, 0.15) is 11.6 Å². The molecule has 1 unspecified atom stereocenters. The normalized spacial score (nSPS) is 22.3. The summed E-state index contributed by atoms with van der Waals surface area (Å²) in [6.07, 6.45) is 1.20. The van der Waals surface area contributed by atoms with Gasteiger partial charge in [-0.2, -0.15) is 0 Å². The summed E-state index contributed by atoms with van der Waals surface area (Å²) in [4.78, 5) is 26.5. The summed E-state index contributed by atoms with van der Waals surface area (Å²) >= 11 is 0. The number of nitrogens with one attached hydrogen (secondary N) is 1. The minimum atomic E-state index is -0.764. The van der Waals surface area contributed by atoms with Gasteiger partial charge in [0.15, 0.2) is 0 Å². The topological polar surface area (TPSA) is 49.4 Å². The first-order valence-corrected chi connectivity index (χ1v) is 6.76. The molecule has 0 spiro atoms. The third-order valence-electron chi connectivity index (χ3n) is 4.00. The summed E-state index contributed by atoms with van der Waals surface area (Å²) in [7, 11) is 0. The van der Waals surface area contributed by atoms with Gasteiger partial charge < -0.3 is 5.32 Å². The molecule has 0 bridgehead atoms. The van der Waals surface area contributed by atoms with Crippen molar-refractivity contribution in [2.75, 3.05) is 4.90 Å². The van der Waals surface area contributed by atoms with Crippen LogP contribution in [0.15, 0.2) is 30.3 Å². The van der Waals surface area contributed by atoms with Crippen molar-refractivity contribution in [3.8, 4) is 0 Å². The van der Waals surface area contributed by atoms with Gasteiger partial charge in [-0.25, -0.2) is 0 Å². The lowest BCUT2D eigenvalue weighted by Crippen LogP contribution is -2.69. The lowest BCUT2D eigenvalue weighted by Gasteiger charge is -2.44. The molecule has 1 N–H and O–H groups in total. The molecule has 1 aliphatic rings. The Balaban J connectivity index is 2.46. The number of nitrogens with zero attached hydrogens (tertiary/aromatic N) is 1. The summed E-state index contributed by atoms with van der Waals surface area (Å²) in [6.45, 7) is 5.62. The molecule has 19 heavy (non-hydrogen) atoms. The van der Waals surface area contributed by atoms with Gasteiger partial charge in [-0.1, -0.05) is 32.0 Å². The molecule has 0 aromatic heterocycles. The van der Waals surface area contributed by atoms with Crippen molar-refractivity contribution >= 4 is 17.5 Å². The molecule has 2 amide bonds. The average Bonchev–Trinajstić information content (AvgIpc) is 2.44. The molecule has 4 nitrogen and oxygen atoms in total. The Morgan fingerprint density at radius 3 is 2.26 bits per heavy atom. The van der Waals surface area contributed by atoms with E-state index in [1.807, 2.05) is 44.2 Å². The third-order valence-corrected chi connectivity index (χ3v) is 4.00. The predicted octanol–water partition coefficient (Wildman–Crippen LogP) is 2.10. The third kappa shape index (κ3) is 2.11. The van der Waals surface area contributed by atoms with Crippen molar-refractivity contribution in [1.29, 1.82) is 0 Å². The second-order valence-corrected chi connectivity index (χ2v) is 4.97. The SMILES string of the molecule is CCC1(CC)NC(=O)C(C)N(c2ccccc2)C1=O. The monoisotopic (exact) mass is 260 g/mol. The first-order chi connectivity index (χ1) is 9.05. The maximum absolute atomic E-state index is 12.8. The molecule has 1 fully saturated rings. The number of anilines is 1. The second-order valence-electron chi connectivity index (χ2n) is 4.97.